The molecule has 9 heteroatoms. The van der Waals surface area contributed by atoms with E-state index in [1.165, 1.54) is 0 Å². The van der Waals surface area contributed by atoms with Gasteiger partial charge in [0.1, 0.15) is 11.9 Å². The predicted molar refractivity (Wildman–Crippen MR) is 70.8 cm³/mol. The molecule has 0 aromatic carbocycles. The van der Waals surface area contributed by atoms with E-state index in [4.69, 9.17) is 5.11 Å². The van der Waals surface area contributed by atoms with Gasteiger partial charge in [0, 0.05) is 32.8 Å². The van der Waals surface area contributed by atoms with Crippen molar-refractivity contribution in [2.24, 2.45) is 7.05 Å². The van der Waals surface area contributed by atoms with Gasteiger partial charge in [-0.1, -0.05) is 0 Å². The minimum atomic E-state index is -3.61. The quantitative estimate of drug-likeness (QED) is 0.664. The van der Waals surface area contributed by atoms with E-state index in [2.05, 4.69) is 10.3 Å². The van der Waals surface area contributed by atoms with Crippen LogP contribution in [0.4, 0.5) is 0 Å². The summed E-state index contributed by atoms with van der Waals surface area (Å²) in [5, 5.41) is 11.0. The Balaban J connectivity index is 2.66. The molecule has 20 heavy (non-hydrogen) atoms. The molecular weight excluding hydrogens is 286 g/mol. The van der Waals surface area contributed by atoms with Gasteiger partial charge in [0.25, 0.3) is 0 Å². The Morgan fingerprint density at radius 1 is 1.50 bits per heavy atom. The number of aromatic nitrogens is 2. The Morgan fingerprint density at radius 2 is 2.15 bits per heavy atom. The lowest BCUT2D eigenvalue weighted by molar-refractivity contribution is -0.140. The number of carboxylic acid groups (broad SMARTS) is 1. The lowest BCUT2D eigenvalue weighted by Crippen LogP contribution is -2.45. The highest BCUT2D eigenvalue weighted by atomic mass is 32.2. The van der Waals surface area contributed by atoms with Crippen molar-refractivity contribution in [2.75, 3.05) is 11.5 Å². The number of rotatable bonds is 7. The minimum absolute atomic E-state index is 0.193. The van der Waals surface area contributed by atoms with Gasteiger partial charge in [-0.3, -0.25) is 4.79 Å². The van der Waals surface area contributed by atoms with Crippen LogP contribution in [0.15, 0.2) is 12.4 Å². The van der Waals surface area contributed by atoms with Gasteiger partial charge < -0.3 is 15.0 Å². The van der Waals surface area contributed by atoms with Gasteiger partial charge in [-0.25, -0.2) is 18.2 Å². The number of nitrogens with one attached hydrogen (secondary N) is 1. The van der Waals surface area contributed by atoms with E-state index in [1.807, 2.05) is 0 Å². The molecule has 0 bridgehead atoms. The van der Waals surface area contributed by atoms with E-state index >= 15 is 0 Å². The number of nitrogens with zero attached hydrogens (tertiary/aromatic N) is 2. The number of hydrogen-bond donors (Lipinski definition) is 2. The van der Waals surface area contributed by atoms with Crippen molar-refractivity contribution < 1.29 is 23.1 Å². The molecule has 1 aromatic heterocycles. The van der Waals surface area contributed by atoms with Crippen molar-refractivity contribution in [3.63, 3.8) is 0 Å². The Hall–Kier alpha value is -1.90. The molecule has 1 atom stereocenters. The number of imidazole rings is 1. The van der Waals surface area contributed by atoms with Gasteiger partial charge in [-0.2, -0.15) is 0 Å². The van der Waals surface area contributed by atoms with Gasteiger partial charge in [0.15, 0.2) is 9.84 Å². The second kappa shape index (κ2) is 6.51. The summed E-state index contributed by atoms with van der Waals surface area (Å²) in [6.45, 7) is 1.14. The summed E-state index contributed by atoms with van der Waals surface area (Å²) in [6.07, 6.45) is 3.44. The molecule has 0 saturated heterocycles. The van der Waals surface area contributed by atoms with E-state index in [-0.39, 0.29) is 12.2 Å². The molecule has 0 fully saturated rings. The highest BCUT2D eigenvalue weighted by Crippen LogP contribution is 2.02. The van der Waals surface area contributed by atoms with Crippen LogP contribution >= 0.6 is 0 Å². The lowest BCUT2D eigenvalue weighted by atomic mass is 10.3. The van der Waals surface area contributed by atoms with Crippen LogP contribution in [-0.4, -0.2) is 52.5 Å². The van der Waals surface area contributed by atoms with Crippen molar-refractivity contribution in [3.05, 3.63) is 18.2 Å². The standard InChI is InChI=1S/C11H17N3O5S/c1-8(15)13-9(11(16)17)7-20(18,19)6-3-10-12-4-5-14(10)2/h4-5,9H,3,6-7H2,1-2H3,(H,13,15)(H,16,17)/t9-/m0/s1. The molecule has 0 spiro atoms. The molecule has 1 rings (SSSR count). The Bertz CT molecular complexity index is 593. The zero-order valence-corrected chi connectivity index (χ0v) is 12.1. The topological polar surface area (TPSA) is 118 Å². The van der Waals surface area contributed by atoms with E-state index in [0.717, 1.165) is 6.92 Å². The third-order valence-electron chi connectivity index (χ3n) is 2.65. The summed E-state index contributed by atoms with van der Waals surface area (Å²) >= 11 is 0. The molecule has 1 amide bonds. The zero-order chi connectivity index (χ0) is 15.3. The summed E-state index contributed by atoms with van der Waals surface area (Å²) in [6, 6.07) is -1.43. The van der Waals surface area contributed by atoms with Crippen LogP contribution < -0.4 is 5.32 Å². The number of hydrogen-bond acceptors (Lipinski definition) is 5. The van der Waals surface area contributed by atoms with Crippen LogP contribution in [0.5, 0.6) is 0 Å². The lowest BCUT2D eigenvalue weighted by Gasteiger charge is -2.13. The largest absolute Gasteiger partial charge is 0.480 e. The fraction of sp³-hybridized carbons (Fsp3) is 0.545. The zero-order valence-electron chi connectivity index (χ0n) is 11.2. The molecule has 0 saturated carbocycles. The average molecular weight is 303 g/mol. The summed E-state index contributed by atoms with van der Waals surface area (Å²) in [4.78, 5) is 25.7. The fourth-order valence-corrected chi connectivity index (χ4v) is 3.04. The molecule has 1 aromatic rings. The number of amides is 1. The summed E-state index contributed by atoms with van der Waals surface area (Å²) in [5.41, 5.74) is 0. The normalized spacial score (nSPS) is 12.9. The molecule has 0 radical (unpaired) electrons. The number of aliphatic carboxylic acids is 1. The van der Waals surface area contributed by atoms with Crippen molar-refractivity contribution >= 4 is 21.7 Å². The summed E-state index contributed by atoms with van der Waals surface area (Å²) in [5.74, 6) is -2.22. The number of carboxylic acids is 1. The first-order valence-electron chi connectivity index (χ1n) is 5.88. The van der Waals surface area contributed by atoms with Crippen LogP contribution in [0.3, 0.4) is 0 Å². The molecule has 1 heterocycles. The summed E-state index contributed by atoms with van der Waals surface area (Å²) < 4.78 is 25.5. The summed E-state index contributed by atoms with van der Waals surface area (Å²) in [7, 11) is -1.87. The molecular formula is C11H17N3O5S. The van der Waals surface area contributed by atoms with Gasteiger partial charge in [0.2, 0.25) is 5.91 Å². The average Bonchev–Trinajstić information content (AvgIpc) is 2.70. The predicted octanol–water partition coefficient (Wildman–Crippen LogP) is -1.03. The van der Waals surface area contributed by atoms with Gasteiger partial charge in [-0.15, -0.1) is 0 Å². The van der Waals surface area contributed by atoms with Crippen LogP contribution in [0, 0.1) is 0 Å². The van der Waals surface area contributed by atoms with Crippen LogP contribution in [0.1, 0.15) is 12.7 Å². The maximum absolute atomic E-state index is 11.9. The first-order valence-corrected chi connectivity index (χ1v) is 7.70. The highest BCUT2D eigenvalue weighted by molar-refractivity contribution is 7.91. The second-order valence-electron chi connectivity index (χ2n) is 4.41. The molecule has 8 nitrogen and oxygen atoms in total. The van der Waals surface area contributed by atoms with Crippen molar-refractivity contribution in [1.82, 2.24) is 14.9 Å². The van der Waals surface area contributed by atoms with Crippen LogP contribution in [0.25, 0.3) is 0 Å². The Kier molecular flexibility index (Phi) is 5.26. The number of aryl methyl sites for hydroxylation is 2. The SMILES string of the molecule is CC(=O)N[C@@H](CS(=O)(=O)CCc1nccn1C)C(=O)O. The van der Waals surface area contributed by atoms with E-state index < -0.39 is 33.5 Å². The van der Waals surface area contributed by atoms with Gasteiger partial charge in [-0.05, 0) is 0 Å². The fourth-order valence-electron chi connectivity index (χ4n) is 1.64. The molecule has 0 aliphatic carbocycles. The Labute approximate surface area is 116 Å². The maximum Gasteiger partial charge on any atom is 0.327 e. The van der Waals surface area contributed by atoms with E-state index in [9.17, 15) is 18.0 Å². The second-order valence-corrected chi connectivity index (χ2v) is 6.64. The first-order chi connectivity index (χ1) is 9.21. The van der Waals surface area contributed by atoms with Crippen molar-refractivity contribution in [2.45, 2.75) is 19.4 Å². The van der Waals surface area contributed by atoms with Crippen molar-refractivity contribution in [1.29, 1.82) is 0 Å². The van der Waals surface area contributed by atoms with Crippen molar-refractivity contribution in [3.8, 4) is 0 Å². The highest BCUT2D eigenvalue weighted by Gasteiger charge is 2.26. The maximum atomic E-state index is 11.9. The molecule has 2 N–H and O–H groups in total. The third-order valence-corrected chi connectivity index (χ3v) is 4.32. The van der Waals surface area contributed by atoms with Gasteiger partial charge >= 0.3 is 5.97 Å². The van der Waals surface area contributed by atoms with Crippen LogP contribution in [-0.2, 0) is 32.9 Å². The molecule has 112 valence electrons. The molecule has 0 aliphatic heterocycles. The van der Waals surface area contributed by atoms with E-state index in [0.29, 0.717) is 5.82 Å². The minimum Gasteiger partial charge on any atom is -0.480 e. The monoisotopic (exact) mass is 303 g/mol. The molecule has 0 aliphatic rings. The number of sulfone groups is 1. The molecule has 0 unspecified atom stereocenters. The first kappa shape index (κ1) is 16.2. The van der Waals surface area contributed by atoms with Gasteiger partial charge in [0.05, 0.1) is 11.5 Å². The van der Waals surface area contributed by atoms with E-state index in [1.54, 1.807) is 24.0 Å². The third kappa shape index (κ3) is 5.00. The van der Waals surface area contributed by atoms with Crippen LogP contribution in [0.2, 0.25) is 0 Å². The number of carbonyl (C=O) groups is 2. The smallest absolute Gasteiger partial charge is 0.327 e. The number of carbonyl (C=O) groups excluding carboxylic acids is 1. The Morgan fingerprint density at radius 3 is 2.60 bits per heavy atom.